The summed E-state index contributed by atoms with van der Waals surface area (Å²) in [6, 6.07) is 27.4. The zero-order valence-corrected chi connectivity index (χ0v) is 29.1. The third-order valence-corrected chi connectivity index (χ3v) is 9.86. The molecule has 0 atom stereocenters. The van der Waals surface area contributed by atoms with Gasteiger partial charge in [-0.25, -0.2) is 9.67 Å². The van der Waals surface area contributed by atoms with Crippen molar-refractivity contribution in [2.75, 3.05) is 0 Å². The van der Waals surface area contributed by atoms with Crippen LogP contribution in [0, 0.1) is 26.7 Å². The van der Waals surface area contributed by atoms with Crippen molar-refractivity contribution in [2.24, 2.45) is 5.92 Å². The lowest BCUT2D eigenvalue weighted by molar-refractivity contribution is 0.483. The molecule has 0 spiro atoms. The van der Waals surface area contributed by atoms with Crippen molar-refractivity contribution in [1.29, 1.82) is 0 Å². The van der Waals surface area contributed by atoms with Crippen molar-refractivity contribution in [1.82, 2.24) is 19.3 Å². The van der Waals surface area contributed by atoms with E-state index in [-0.39, 0.29) is 0 Å². The van der Waals surface area contributed by atoms with Gasteiger partial charge in [-0.2, -0.15) is 5.10 Å². The first-order valence-corrected chi connectivity index (χ1v) is 17.2. The molecule has 242 valence electrons. The number of pyridine rings is 1. The van der Waals surface area contributed by atoms with Gasteiger partial charge in [0.1, 0.15) is 17.3 Å². The van der Waals surface area contributed by atoms with Crippen LogP contribution in [-0.4, -0.2) is 19.3 Å². The van der Waals surface area contributed by atoms with Crippen molar-refractivity contribution in [3.8, 4) is 34.1 Å². The molecule has 4 aromatic carbocycles. The summed E-state index contributed by atoms with van der Waals surface area (Å²) in [6.45, 7) is 15.8. The normalized spacial score (nSPS) is 11.7. The van der Waals surface area contributed by atoms with E-state index in [1.807, 2.05) is 29.2 Å². The number of para-hydroxylation sites is 1. The molecule has 7 aromatic rings. The zero-order valence-electron chi connectivity index (χ0n) is 29.1. The molecule has 3 aromatic heterocycles. The Kier molecular flexibility index (Phi) is 8.38. The summed E-state index contributed by atoms with van der Waals surface area (Å²) in [4.78, 5) is 4.82. The number of fused-ring (bicyclic) bond motifs is 3. The fourth-order valence-electron chi connectivity index (χ4n) is 7.38. The predicted octanol–water partition coefficient (Wildman–Crippen LogP) is 11.1. The average molecular weight is 633 g/mol. The van der Waals surface area contributed by atoms with Gasteiger partial charge in [0.2, 0.25) is 0 Å². The van der Waals surface area contributed by atoms with Crippen LogP contribution in [-0.2, 0) is 19.3 Å². The molecule has 0 saturated heterocycles. The van der Waals surface area contributed by atoms with E-state index in [9.17, 15) is 0 Å². The van der Waals surface area contributed by atoms with Crippen LogP contribution in [0.3, 0.4) is 0 Å². The van der Waals surface area contributed by atoms with Crippen molar-refractivity contribution >= 4 is 21.8 Å². The van der Waals surface area contributed by atoms with Gasteiger partial charge in [0.05, 0.1) is 22.9 Å². The highest BCUT2D eigenvalue weighted by Gasteiger charge is 2.19. The molecule has 5 nitrogen and oxygen atoms in total. The van der Waals surface area contributed by atoms with Crippen LogP contribution >= 0.6 is 0 Å². The summed E-state index contributed by atoms with van der Waals surface area (Å²) in [7, 11) is 0. The average Bonchev–Trinajstić information content (AvgIpc) is 3.70. The predicted molar refractivity (Wildman–Crippen MR) is 199 cm³/mol. The maximum Gasteiger partial charge on any atom is 0.137 e. The highest BCUT2D eigenvalue weighted by molar-refractivity contribution is 6.09. The van der Waals surface area contributed by atoms with Crippen LogP contribution in [0.15, 0.2) is 97.5 Å². The second kappa shape index (κ2) is 12.8. The molecule has 3 heterocycles. The molecule has 0 saturated carbocycles. The molecule has 0 radical (unpaired) electrons. The minimum absolute atomic E-state index is 0.570. The summed E-state index contributed by atoms with van der Waals surface area (Å²) >= 11 is 0. The molecule has 0 N–H and O–H groups in total. The van der Waals surface area contributed by atoms with E-state index in [1.165, 1.54) is 49.7 Å². The van der Waals surface area contributed by atoms with E-state index >= 15 is 0 Å². The number of nitrogens with zero attached hydrogens (tertiary/aromatic N) is 4. The van der Waals surface area contributed by atoms with Crippen LogP contribution in [0.4, 0.5) is 0 Å². The van der Waals surface area contributed by atoms with Gasteiger partial charge in [-0.3, -0.25) is 4.57 Å². The monoisotopic (exact) mass is 632 g/mol. The molecule has 0 unspecified atom stereocenters. The van der Waals surface area contributed by atoms with Crippen LogP contribution in [0.5, 0.6) is 11.5 Å². The Morgan fingerprint density at radius 1 is 0.729 bits per heavy atom. The number of hydrogen-bond acceptors (Lipinski definition) is 3. The Balaban J connectivity index is 1.25. The summed E-state index contributed by atoms with van der Waals surface area (Å²) in [5, 5.41) is 7.20. The number of aromatic nitrogens is 4. The Labute approximate surface area is 283 Å². The lowest BCUT2D eigenvalue weighted by atomic mass is 9.84. The van der Waals surface area contributed by atoms with Crippen molar-refractivity contribution in [3.63, 3.8) is 0 Å². The SMILES string of the molecule is CCc1c(C)c(C)c(C)c(CC)c1-c1cnn(-c2cccc(Oc3ccc4c5ccccc5n(-c5cc(CC(C)C)ccn5)c4c3)c2)c1. The van der Waals surface area contributed by atoms with Gasteiger partial charge in [-0.15, -0.1) is 0 Å². The lowest BCUT2D eigenvalue weighted by Crippen LogP contribution is -2.04. The summed E-state index contributed by atoms with van der Waals surface area (Å²) < 4.78 is 10.8. The Morgan fingerprint density at radius 2 is 1.46 bits per heavy atom. The van der Waals surface area contributed by atoms with Crippen LogP contribution in [0.25, 0.3) is 44.4 Å². The standard InChI is InChI=1S/C43H44N4O/c1-8-36-29(6)28(5)30(7)37(9-2)43(36)32-25-45-46(26-32)33-13-12-14-34(23-33)48-35-17-18-39-38-15-10-11-16-40(38)47(41(39)24-35)42-22-31(19-20-44-42)21-27(3)4/h10-20,22-27H,8-9,21H2,1-7H3. The Hall–Kier alpha value is -5.16. The van der Waals surface area contributed by atoms with E-state index < -0.39 is 0 Å². The molecule has 0 aliphatic rings. The summed E-state index contributed by atoms with van der Waals surface area (Å²) in [6.07, 6.45) is 9.09. The second-order valence-corrected chi connectivity index (χ2v) is 13.3. The first-order valence-electron chi connectivity index (χ1n) is 17.2. The van der Waals surface area contributed by atoms with Crippen LogP contribution in [0.2, 0.25) is 0 Å². The molecule has 0 aliphatic carbocycles. The minimum atomic E-state index is 0.570. The zero-order chi connectivity index (χ0) is 33.5. The number of benzene rings is 4. The third-order valence-electron chi connectivity index (χ3n) is 9.86. The third kappa shape index (κ3) is 5.57. The van der Waals surface area contributed by atoms with Crippen molar-refractivity contribution in [3.05, 3.63) is 131 Å². The van der Waals surface area contributed by atoms with Gasteiger partial charge < -0.3 is 4.74 Å². The first-order chi connectivity index (χ1) is 23.3. The molecular formula is C43H44N4O. The van der Waals surface area contributed by atoms with E-state index in [2.05, 4.69) is 126 Å². The van der Waals surface area contributed by atoms with Gasteiger partial charge in [-0.1, -0.05) is 52.0 Å². The maximum absolute atomic E-state index is 6.55. The van der Waals surface area contributed by atoms with E-state index in [0.717, 1.165) is 58.9 Å². The van der Waals surface area contributed by atoms with Crippen LogP contribution < -0.4 is 4.74 Å². The molecule has 0 aliphatic heterocycles. The lowest BCUT2D eigenvalue weighted by Gasteiger charge is -2.21. The van der Waals surface area contributed by atoms with Gasteiger partial charge in [0, 0.05) is 40.9 Å². The molecule has 48 heavy (non-hydrogen) atoms. The Morgan fingerprint density at radius 3 is 2.21 bits per heavy atom. The number of hydrogen-bond donors (Lipinski definition) is 0. The molecule has 5 heteroatoms. The number of ether oxygens (including phenoxy) is 1. The molecule has 0 amide bonds. The van der Waals surface area contributed by atoms with E-state index in [4.69, 9.17) is 14.8 Å². The fourth-order valence-corrected chi connectivity index (χ4v) is 7.38. The largest absolute Gasteiger partial charge is 0.457 e. The quantitative estimate of drug-likeness (QED) is 0.159. The molecule has 0 bridgehead atoms. The molecule has 7 rings (SSSR count). The van der Waals surface area contributed by atoms with E-state index in [0.29, 0.717) is 5.92 Å². The highest BCUT2D eigenvalue weighted by Crippen LogP contribution is 2.37. The van der Waals surface area contributed by atoms with Gasteiger partial charge in [0.25, 0.3) is 0 Å². The topological polar surface area (TPSA) is 44.9 Å². The second-order valence-electron chi connectivity index (χ2n) is 13.3. The minimum Gasteiger partial charge on any atom is -0.457 e. The smallest absolute Gasteiger partial charge is 0.137 e. The van der Waals surface area contributed by atoms with Gasteiger partial charge in [0.15, 0.2) is 0 Å². The number of rotatable bonds is 9. The van der Waals surface area contributed by atoms with Crippen molar-refractivity contribution < 1.29 is 4.74 Å². The Bertz CT molecular complexity index is 2260. The summed E-state index contributed by atoms with van der Waals surface area (Å²) in [5.74, 6) is 3.02. The van der Waals surface area contributed by atoms with Crippen LogP contribution in [0.1, 0.15) is 61.1 Å². The fraction of sp³-hybridized carbons (Fsp3) is 0.256. The first kappa shape index (κ1) is 31.4. The maximum atomic E-state index is 6.55. The van der Waals surface area contributed by atoms with E-state index in [1.54, 1.807) is 0 Å². The molecule has 0 fully saturated rings. The van der Waals surface area contributed by atoms with Gasteiger partial charge >= 0.3 is 0 Å². The molecular weight excluding hydrogens is 589 g/mol. The van der Waals surface area contributed by atoms with Gasteiger partial charge in [-0.05, 0) is 127 Å². The van der Waals surface area contributed by atoms with Crippen molar-refractivity contribution in [2.45, 2.75) is 67.7 Å². The summed E-state index contributed by atoms with van der Waals surface area (Å²) in [5.41, 5.74) is 14.0. The highest BCUT2D eigenvalue weighted by atomic mass is 16.5.